The zero-order chi connectivity index (χ0) is 19.8. The SMILES string of the molecule is COc1ccc(OCCNc2cc(Nc3ccc(N(C)C)cc3)ncn2)cc1. The number of nitrogens with zero attached hydrogens (tertiary/aromatic N) is 3. The van der Waals surface area contributed by atoms with Crippen LogP contribution in [0.25, 0.3) is 0 Å². The van der Waals surface area contributed by atoms with Crippen molar-refractivity contribution in [1.82, 2.24) is 9.97 Å². The average molecular weight is 379 g/mol. The van der Waals surface area contributed by atoms with E-state index in [1.807, 2.05) is 56.6 Å². The normalized spacial score (nSPS) is 10.2. The number of anilines is 4. The number of benzene rings is 2. The van der Waals surface area contributed by atoms with Crippen LogP contribution in [0.2, 0.25) is 0 Å². The molecule has 0 amide bonds. The summed E-state index contributed by atoms with van der Waals surface area (Å²) < 4.78 is 10.8. The number of hydrogen-bond acceptors (Lipinski definition) is 7. The Morgan fingerprint density at radius 2 is 1.57 bits per heavy atom. The number of methoxy groups -OCH3 is 1. The molecule has 0 unspecified atom stereocenters. The Kier molecular flexibility index (Phi) is 6.51. The van der Waals surface area contributed by atoms with E-state index in [0.29, 0.717) is 13.2 Å². The van der Waals surface area contributed by atoms with Crippen LogP contribution >= 0.6 is 0 Å². The summed E-state index contributed by atoms with van der Waals surface area (Å²) >= 11 is 0. The molecule has 0 bridgehead atoms. The van der Waals surface area contributed by atoms with Gasteiger partial charge in [0.05, 0.1) is 13.7 Å². The summed E-state index contributed by atoms with van der Waals surface area (Å²) in [6.07, 6.45) is 1.53. The van der Waals surface area contributed by atoms with E-state index >= 15 is 0 Å². The second kappa shape index (κ2) is 9.45. The topological polar surface area (TPSA) is 71.5 Å². The lowest BCUT2D eigenvalue weighted by Crippen LogP contribution is -2.12. The number of aromatic nitrogens is 2. The fraction of sp³-hybridized carbons (Fsp3) is 0.238. The van der Waals surface area contributed by atoms with Crippen molar-refractivity contribution in [2.45, 2.75) is 0 Å². The van der Waals surface area contributed by atoms with Gasteiger partial charge in [-0.2, -0.15) is 0 Å². The molecule has 0 aliphatic heterocycles. The number of ether oxygens (including phenoxy) is 2. The van der Waals surface area contributed by atoms with Gasteiger partial charge >= 0.3 is 0 Å². The predicted molar refractivity (Wildman–Crippen MR) is 113 cm³/mol. The predicted octanol–water partition coefficient (Wildman–Crippen LogP) is 3.79. The third-order valence-corrected chi connectivity index (χ3v) is 4.06. The molecule has 0 radical (unpaired) electrons. The lowest BCUT2D eigenvalue weighted by atomic mass is 10.2. The minimum atomic E-state index is 0.519. The molecule has 0 fully saturated rings. The van der Waals surface area contributed by atoms with Crippen molar-refractivity contribution in [2.75, 3.05) is 49.9 Å². The van der Waals surface area contributed by atoms with Crippen molar-refractivity contribution in [1.29, 1.82) is 0 Å². The van der Waals surface area contributed by atoms with Crippen LogP contribution in [0.5, 0.6) is 11.5 Å². The van der Waals surface area contributed by atoms with E-state index in [1.54, 1.807) is 7.11 Å². The molecule has 0 aliphatic carbocycles. The molecule has 7 heteroatoms. The van der Waals surface area contributed by atoms with Crippen LogP contribution < -0.4 is 25.0 Å². The van der Waals surface area contributed by atoms with Crippen molar-refractivity contribution in [3.05, 3.63) is 60.9 Å². The largest absolute Gasteiger partial charge is 0.497 e. The number of nitrogens with one attached hydrogen (secondary N) is 2. The highest BCUT2D eigenvalue weighted by Gasteiger charge is 2.01. The van der Waals surface area contributed by atoms with E-state index < -0.39 is 0 Å². The van der Waals surface area contributed by atoms with Gasteiger partial charge in [0.1, 0.15) is 36.1 Å². The molecule has 1 aromatic heterocycles. The molecule has 2 aromatic carbocycles. The van der Waals surface area contributed by atoms with Crippen molar-refractivity contribution in [3.63, 3.8) is 0 Å². The molecule has 28 heavy (non-hydrogen) atoms. The summed E-state index contributed by atoms with van der Waals surface area (Å²) in [5.74, 6) is 3.07. The Hall–Kier alpha value is -3.48. The van der Waals surface area contributed by atoms with E-state index in [9.17, 15) is 0 Å². The highest BCUT2D eigenvalue weighted by molar-refractivity contribution is 5.62. The van der Waals surface area contributed by atoms with Crippen LogP contribution in [0, 0.1) is 0 Å². The molecule has 146 valence electrons. The third kappa shape index (κ3) is 5.51. The first kappa shape index (κ1) is 19.3. The van der Waals surface area contributed by atoms with Gasteiger partial charge in [-0.25, -0.2) is 9.97 Å². The van der Waals surface area contributed by atoms with E-state index in [-0.39, 0.29) is 0 Å². The maximum Gasteiger partial charge on any atom is 0.135 e. The van der Waals surface area contributed by atoms with Crippen molar-refractivity contribution < 1.29 is 9.47 Å². The molecule has 0 spiro atoms. The molecular weight excluding hydrogens is 354 g/mol. The highest BCUT2D eigenvalue weighted by Crippen LogP contribution is 2.20. The zero-order valence-corrected chi connectivity index (χ0v) is 16.3. The molecule has 3 rings (SSSR count). The van der Waals surface area contributed by atoms with Crippen LogP contribution in [0.1, 0.15) is 0 Å². The molecule has 2 N–H and O–H groups in total. The molecule has 0 aliphatic rings. The standard InChI is InChI=1S/C21H25N5O2/c1-26(2)17-6-4-16(5-7-17)25-21-14-20(23-15-24-21)22-12-13-28-19-10-8-18(27-3)9-11-19/h4-11,14-15H,12-13H2,1-3H3,(H2,22,23,24,25). The maximum atomic E-state index is 5.70. The fourth-order valence-corrected chi connectivity index (χ4v) is 2.53. The molecule has 1 heterocycles. The average Bonchev–Trinajstić information content (AvgIpc) is 2.72. The summed E-state index contributed by atoms with van der Waals surface area (Å²) in [7, 11) is 5.68. The minimum Gasteiger partial charge on any atom is -0.497 e. The Labute approximate surface area is 165 Å². The first-order chi connectivity index (χ1) is 13.6. The molecule has 0 atom stereocenters. The summed E-state index contributed by atoms with van der Waals surface area (Å²) in [5.41, 5.74) is 2.12. The van der Waals surface area contributed by atoms with Gasteiger partial charge in [0.15, 0.2) is 0 Å². The first-order valence-electron chi connectivity index (χ1n) is 9.01. The lowest BCUT2D eigenvalue weighted by Gasteiger charge is -2.13. The molecule has 0 saturated heterocycles. The summed E-state index contributed by atoms with van der Waals surface area (Å²) in [6, 6.07) is 17.5. The minimum absolute atomic E-state index is 0.519. The van der Waals surface area contributed by atoms with Crippen LogP contribution in [-0.4, -0.2) is 44.3 Å². The maximum absolute atomic E-state index is 5.70. The van der Waals surface area contributed by atoms with Gasteiger partial charge in [-0.1, -0.05) is 0 Å². The van der Waals surface area contributed by atoms with Gasteiger partial charge < -0.3 is 25.0 Å². The van der Waals surface area contributed by atoms with Crippen LogP contribution in [-0.2, 0) is 0 Å². The molecule has 0 saturated carbocycles. The van der Waals surface area contributed by atoms with E-state index in [4.69, 9.17) is 9.47 Å². The van der Waals surface area contributed by atoms with E-state index in [1.165, 1.54) is 6.33 Å². The Morgan fingerprint density at radius 1 is 0.893 bits per heavy atom. The van der Waals surface area contributed by atoms with Gasteiger partial charge in [0.25, 0.3) is 0 Å². The second-order valence-corrected chi connectivity index (χ2v) is 6.31. The monoisotopic (exact) mass is 379 g/mol. The van der Waals surface area contributed by atoms with Crippen LogP contribution in [0.15, 0.2) is 60.9 Å². The van der Waals surface area contributed by atoms with Crippen LogP contribution in [0.3, 0.4) is 0 Å². The fourth-order valence-electron chi connectivity index (χ4n) is 2.53. The lowest BCUT2D eigenvalue weighted by molar-refractivity contribution is 0.331. The van der Waals surface area contributed by atoms with Gasteiger partial charge in [0.2, 0.25) is 0 Å². The first-order valence-corrected chi connectivity index (χ1v) is 9.01. The smallest absolute Gasteiger partial charge is 0.135 e. The summed E-state index contributed by atoms with van der Waals surface area (Å²) in [4.78, 5) is 10.6. The van der Waals surface area contributed by atoms with Crippen molar-refractivity contribution in [3.8, 4) is 11.5 Å². The Morgan fingerprint density at radius 3 is 2.25 bits per heavy atom. The van der Waals surface area contributed by atoms with Crippen molar-refractivity contribution in [2.24, 2.45) is 0 Å². The van der Waals surface area contributed by atoms with Gasteiger partial charge in [-0.05, 0) is 48.5 Å². The van der Waals surface area contributed by atoms with Gasteiger partial charge in [-0.15, -0.1) is 0 Å². The molecule has 7 nitrogen and oxygen atoms in total. The van der Waals surface area contributed by atoms with Gasteiger partial charge in [-0.3, -0.25) is 0 Å². The quantitative estimate of drug-likeness (QED) is 0.548. The highest BCUT2D eigenvalue weighted by atomic mass is 16.5. The molecular formula is C21H25N5O2. The number of hydrogen-bond donors (Lipinski definition) is 2. The van der Waals surface area contributed by atoms with Gasteiger partial charge in [0, 0.05) is 31.5 Å². The summed E-state index contributed by atoms with van der Waals surface area (Å²) in [6.45, 7) is 1.14. The van der Waals surface area contributed by atoms with E-state index in [0.717, 1.165) is 34.5 Å². The third-order valence-electron chi connectivity index (χ3n) is 4.06. The second-order valence-electron chi connectivity index (χ2n) is 6.31. The Bertz CT molecular complexity index is 867. The number of rotatable bonds is 9. The zero-order valence-electron chi connectivity index (χ0n) is 16.3. The van der Waals surface area contributed by atoms with E-state index in [2.05, 4.69) is 37.6 Å². The van der Waals surface area contributed by atoms with Crippen molar-refractivity contribution >= 4 is 23.0 Å². The summed E-state index contributed by atoms with van der Waals surface area (Å²) in [5, 5.41) is 6.52. The Balaban J connectivity index is 1.48. The van der Waals surface area contributed by atoms with Crippen LogP contribution in [0.4, 0.5) is 23.0 Å². The molecule has 3 aromatic rings.